The zero-order valence-electron chi connectivity index (χ0n) is 20.5. The first kappa shape index (κ1) is 24.0. The fraction of sp³-hybridized carbons (Fsp3) is 0.276. The van der Waals surface area contributed by atoms with E-state index in [9.17, 15) is 4.79 Å². The third-order valence-corrected chi connectivity index (χ3v) is 6.94. The molecule has 0 aliphatic carbocycles. The number of aromatic nitrogens is 3. The maximum Gasteiger partial charge on any atom is 0.196 e. The molecule has 0 radical (unpaired) electrons. The monoisotopic (exact) mass is 469 g/mol. The van der Waals surface area contributed by atoms with Crippen molar-refractivity contribution in [2.24, 2.45) is 0 Å². The topological polar surface area (TPSA) is 47.8 Å². The maximum absolute atomic E-state index is 12.9. The molecule has 0 fully saturated rings. The van der Waals surface area contributed by atoms with Crippen molar-refractivity contribution < 1.29 is 4.79 Å². The molecule has 174 valence electrons. The van der Waals surface area contributed by atoms with Gasteiger partial charge in [-0.1, -0.05) is 106 Å². The van der Waals surface area contributed by atoms with Gasteiger partial charge in [0.05, 0.1) is 11.4 Å². The summed E-state index contributed by atoms with van der Waals surface area (Å²) in [6, 6.07) is 24.6. The van der Waals surface area contributed by atoms with E-state index < -0.39 is 0 Å². The number of para-hydroxylation sites is 1. The van der Waals surface area contributed by atoms with Crippen molar-refractivity contribution in [1.82, 2.24) is 14.8 Å². The number of carbonyl (C=O) groups excluding carboxylic acids is 1. The van der Waals surface area contributed by atoms with Gasteiger partial charge < -0.3 is 0 Å². The second-order valence-electron chi connectivity index (χ2n) is 9.52. The van der Waals surface area contributed by atoms with Crippen LogP contribution in [0.2, 0.25) is 0 Å². The van der Waals surface area contributed by atoms with Crippen molar-refractivity contribution in [3.8, 4) is 17.1 Å². The van der Waals surface area contributed by atoms with Crippen LogP contribution in [0.25, 0.3) is 17.1 Å². The molecule has 0 N–H and O–H groups in total. The minimum atomic E-state index is 0.0823. The van der Waals surface area contributed by atoms with E-state index in [0.29, 0.717) is 10.9 Å². The third kappa shape index (κ3) is 5.15. The van der Waals surface area contributed by atoms with Gasteiger partial charge in [-0.05, 0) is 41.5 Å². The molecule has 0 bridgehead atoms. The Morgan fingerprint density at radius 1 is 0.912 bits per heavy atom. The van der Waals surface area contributed by atoms with Crippen LogP contribution in [0.15, 0.2) is 78.0 Å². The van der Waals surface area contributed by atoms with Crippen LogP contribution in [-0.4, -0.2) is 26.3 Å². The van der Waals surface area contributed by atoms with Gasteiger partial charge in [0.2, 0.25) is 0 Å². The molecular weight excluding hydrogens is 438 g/mol. The molecule has 0 aliphatic rings. The first-order chi connectivity index (χ1) is 16.3. The molecule has 3 aromatic carbocycles. The number of thioether (sulfide) groups is 1. The van der Waals surface area contributed by atoms with Crippen molar-refractivity contribution in [2.75, 3.05) is 5.75 Å². The van der Waals surface area contributed by atoms with Gasteiger partial charge in [-0.15, -0.1) is 10.2 Å². The molecule has 0 aliphatic heterocycles. The average Bonchev–Trinajstić information content (AvgIpc) is 3.26. The van der Waals surface area contributed by atoms with Crippen LogP contribution in [0.1, 0.15) is 54.7 Å². The summed E-state index contributed by atoms with van der Waals surface area (Å²) in [6.07, 6.45) is 0.961. The quantitative estimate of drug-likeness (QED) is 0.214. The number of rotatable bonds is 7. The molecule has 1 aromatic heterocycles. The minimum absolute atomic E-state index is 0.0823. The van der Waals surface area contributed by atoms with E-state index in [0.717, 1.165) is 34.6 Å². The van der Waals surface area contributed by atoms with E-state index in [-0.39, 0.29) is 11.2 Å². The fourth-order valence-corrected chi connectivity index (χ4v) is 4.68. The Morgan fingerprint density at radius 3 is 2.21 bits per heavy atom. The highest BCUT2D eigenvalue weighted by Crippen LogP contribution is 2.31. The van der Waals surface area contributed by atoms with Crippen LogP contribution >= 0.6 is 11.8 Å². The number of nitrogens with zero attached hydrogens (tertiary/aromatic N) is 3. The van der Waals surface area contributed by atoms with Gasteiger partial charge in [0.15, 0.2) is 16.8 Å². The number of Topliss-reactive ketones (excluding diaryl/α,β-unsaturated/α-hetero) is 1. The minimum Gasteiger partial charge on any atom is -0.293 e. The Morgan fingerprint density at radius 2 is 1.59 bits per heavy atom. The van der Waals surface area contributed by atoms with Crippen molar-refractivity contribution >= 4 is 17.5 Å². The lowest BCUT2D eigenvalue weighted by atomic mass is 9.87. The Bertz CT molecular complexity index is 1280. The van der Waals surface area contributed by atoms with E-state index >= 15 is 0 Å². The number of carbonyl (C=O) groups is 1. The van der Waals surface area contributed by atoms with Crippen LogP contribution in [-0.2, 0) is 11.8 Å². The van der Waals surface area contributed by atoms with Crippen LogP contribution < -0.4 is 0 Å². The zero-order chi connectivity index (χ0) is 24.3. The van der Waals surface area contributed by atoms with Crippen molar-refractivity contribution in [3.05, 3.63) is 95.1 Å². The summed E-state index contributed by atoms with van der Waals surface area (Å²) in [4.78, 5) is 12.9. The average molecular weight is 470 g/mol. The van der Waals surface area contributed by atoms with Crippen molar-refractivity contribution in [3.63, 3.8) is 0 Å². The smallest absolute Gasteiger partial charge is 0.196 e. The number of ketones is 1. The standard InChI is InChI=1S/C29H31N3OS/c1-6-21-11-13-22(14-12-21)26(33)19-34-28-31-30-27(32(28)25-10-8-7-9-20(25)2)23-15-17-24(18-16-23)29(3,4)5/h7-18H,6,19H2,1-5H3. The SMILES string of the molecule is CCc1ccc(C(=O)CSc2nnc(-c3ccc(C(C)(C)C)cc3)n2-c2ccccc2C)cc1. The largest absolute Gasteiger partial charge is 0.293 e. The maximum atomic E-state index is 12.9. The second kappa shape index (κ2) is 9.98. The van der Waals surface area contributed by atoms with Gasteiger partial charge in [0.1, 0.15) is 0 Å². The molecule has 5 heteroatoms. The molecule has 0 atom stereocenters. The Kier molecular flexibility index (Phi) is 7.03. The second-order valence-corrected chi connectivity index (χ2v) is 10.5. The number of benzene rings is 3. The summed E-state index contributed by atoms with van der Waals surface area (Å²) < 4.78 is 2.07. The van der Waals surface area contributed by atoms with Gasteiger partial charge in [-0.2, -0.15) is 0 Å². The highest BCUT2D eigenvalue weighted by molar-refractivity contribution is 7.99. The van der Waals surface area contributed by atoms with Crippen LogP contribution in [0, 0.1) is 6.92 Å². The van der Waals surface area contributed by atoms with Gasteiger partial charge in [-0.3, -0.25) is 9.36 Å². The summed E-state index contributed by atoms with van der Waals surface area (Å²) in [7, 11) is 0. The molecule has 0 amide bonds. The predicted octanol–water partition coefficient (Wildman–Crippen LogP) is 7.08. The van der Waals surface area contributed by atoms with Gasteiger partial charge in [0, 0.05) is 11.1 Å². The molecule has 4 aromatic rings. The molecule has 4 nitrogen and oxygen atoms in total. The molecule has 0 spiro atoms. The normalized spacial score (nSPS) is 11.6. The molecule has 4 rings (SSSR count). The molecule has 0 unspecified atom stereocenters. The first-order valence-corrected chi connectivity index (χ1v) is 12.6. The highest BCUT2D eigenvalue weighted by atomic mass is 32.2. The van der Waals surface area contributed by atoms with E-state index in [2.05, 4.69) is 85.8 Å². The number of aryl methyl sites for hydroxylation is 2. The number of hydrogen-bond donors (Lipinski definition) is 0. The van der Waals surface area contributed by atoms with E-state index in [1.807, 2.05) is 36.4 Å². The molecule has 0 saturated heterocycles. The van der Waals surface area contributed by atoms with Gasteiger partial charge >= 0.3 is 0 Å². The summed E-state index contributed by atoms with van der Waals surface area (Å²) >= 11 is 1.43. The van der Waals surface area contributed by atoms with Crippen LogP contribution in [0.4, 0.5) is 0 Å². The summed E-state index contributed by atoms with van der Waals surface area (Å²) in [6.45, 7) is 10.8. The summed E-state index contributed by atoms with van der Waals surface area (Å²) in [5.74, 6) is 1.17. The lowest BCUT2D eigenvalue weighted by Gasteiger charge is -2.19. The zero-order valence-corrected chi connectivity index (χ0v) is 21.3. The number of hydrogen-bond acceptors (Lipinski definition) is 4. The Balaban J connectivity index is 1.67. The van der Waals surface area contributed by atoms with E-state index in [4.69, 9.17) is 0 Å². The van der Waals surface area contributed by atoms with Crippen molar-refractivity contribution in [2.45, 2.75) is 51.6 Å². The Labute approximate surface area is 206 Å². The summed E-state index contributed by atoms with van der Waals surface area (Å²) in [5.41, 5.74) is 6.45. The highest BCUT2D eigenvalue weighted by Gasteiger charge is 2.20. The predicted molar refractivity (Wildman–Crippen MR) is 141 cm³/mol. The lowest BCUT2D eigenvalue weighted by Crippen LogP contribution is -2.10. The van der Waals surface area contributed by atoms with E-state index in [1.165, 1.54) is 22.9 Å². The van der Waals surface area contributed by atoms with Crippen molar-refractivity contribution in [1.29, 1.82) is 0 Å². The first-order valence-electron chi connectivity index (χ1n) is 11.6. The molecule has 34 heavy (non-hydrogen) atoms. The molecule has 0 saturated carbocycles. The van der Waals surface area contributed by atoms with E-state index in [1.54, 1.807) is 0 Å². The van der Waals surface area contributed by atoms with Gasteiger partial charge in [0.25, 0.3) is 0 Å². The van der Waals surface area contributed by atoms with Crippen LogP contribution in [0.5, 0.6) is 0 Å². The summed E-state index contributed by atoms with van der Waals surface area (Å²) in [5, 5.41) is 9.76. The molecule has 1 heterocycles. The Hall–Kier alpha value is -3.18. The molecular formula is C29H31N3OS. The fourth-order valence-electron chi connectivity index (χ4n) is 3.84. The third-order valence-electron chi connectivity index (χ3n) is 6.02. The van der Waals surface area contributed by atoms with Crippen LogP contribution in [0.3, 0.4) is 0 Å². The van der Waals surface area contributed by atoms with Gasteiger partial charge in [-0.25, -0.2) is 0 Å². The lowest BCUT2D eigenvalue weighted by molar-refractivity contribution is 0.102.